The molecule has 1 N–H and O–H groups in total. The number of hydrogen-bond acceptors (Lipinski definition) is 4. The van der Waals surface area contributed by atoms with Crippen LogP contribution in [0.5, 0.6) is 0 Å². The molecular weight excluding hydrogens is 306 g/mol. The van der Waals surface area contributed by atoms with Gasteiger partial charge in [-0.05, 0) is 37.8 Å². The number of carbonyl (C=O) groups is 1. The van der Waals surface area contributed by atoms with Gasteiger partial charge in [0.1, 0.15) is 0 Å². The maximum Gasteiger partial charge on any atom is 0.297 e. The van der Waals surface area contributed by atoms with Crippen molar-refractivity contribution in [3.8, 4) is 0 Å². The maximum absolute atomic E-state index is 12.9. The molecule has 0 spiro atoms. The van der Waals surface area contributed by atoms with Gasteiger partial charge >= 0.3 is 0 Å². The SMILES string of the molecule is O=C(c1ccc2nnc(C(F)F)n2c1)N1CCCC1CCCO. The zero-order valence-corrected chi connectivity index (χ0v) is 12.5. The highest BCUT2D eigenvalue weighted by atomic mass is 19.3. The number of amides is 1. The summed E-state index contributed by atoms with van der Waals surface area (Å²) in [6.07, 6.45) is 1.84. The van der Waals surface area contributed by atoms with Crippen molar-refractivity contribution in [3.05, 3.63) is 29.7 Å². The molecule has 0 radical (unpaired) electrons. The second-order valence-electron chi connectivity index (χ2n) is 5.67. The van der Waals surface area contributed by atoms with Crippen LogP contribution in [-0.4, -0.2) is 49.7 Å². The molecule has 1 unspecified atom stereocenters. The highest BCUT2D eigenvalue weighted by molar-refractivity contribution is 5.94. The molecule has 3 rings (SSSR count). The van der Waals surface area contributed by atoms with Crippen LogP contribution >= 0.6 is 0 Å². The van der Waals surface area contributed by atoms with Crippen molar-refractivity contribution < 1.29 is 18.7 Å². The van der Waals surface area contributed by atoms with Crippen molar-refractivity contribution in [2.75, 3.05) is 13.2 Å². The van der Waals surface area contributed by atoms with E-state index in [0.29, 0.717) is 18.5 Å². The van der Waals surface area contributed by atoms with Crippen LogP contribution in [0.2, 0.25) is 0 Å². The quantitative estimate of drug-likeness (QED) is 0.914. The van der Waals surface area contributed by atoms with E-state index in [-0.39, 0.29) is 24.2 Å². The molecule has 23 heavy (non-hydrogen) atoms. The molecule has 8 heteroatoms. The number of pyridine rings is 1. The Hall–Kier alpha value is -2.09. The average Bonchev–Trinajstić information content (AvgIpc) is 3.17. The molecule has 1 atom stereocenters. The fraction of sp³-hybridized carbons (Fsp3) is 0.533. The number of halogens is 2. The lowest BCUT2D eigenvalue weighted by Gasteiger charge is -2.24. The third-order valence-electron chi connectivity index (χ3n) is 4.20. The van der Waals surface area contributed by atoms with Gasteiger partial charge < -0.3 is 10.0 Å². The molecule has 1 aliphatic heterocycles. The lowest BCUT2D eigenvalue weighted by molar-refractivity contribution is 0.0723. The number of nitrogens with zero attached hydrogens (tertiary/aromatic N) is 4. The Bertz CT molecular complexity index is 704. The zero-order valence-electron chi connectivity index (χ0n) is 12.5. The van der Waals surface area contributed by atoms with Crippen molar-refractivity contribution in [3.63, 3.8) is 0 Å². The second-order valence-corrected chi connectivity index (χ2v) is 5.67. The number of hydrogen-bond donors (Lipinski definition) is 1. The first-order valence-electron chi connectivity index (χ1n) is 7.66. The molecule has 0 saturated carbocycles. The first-order valence-corrected chi connectivity index (χ1v) is 7.66. The first kappa shape index (κ1) is 15.8. The Morgan fingerprint density at radius 3 is 2.96 bits per heavy atom. The lowest BCUT2D eigenvalue weighted by Crippen LogP contribution is -2.35. The summed E-state index contributed by atoms with van der Waals surface area (Å²) in [4.78, 5) is 14.5. The lowest BCUT2D eigenvalue weighted by atomic mass is 10.1. The van der Waals surface area contributed by atoms with E-state index in [2.05, 4.69) is 10.2 Å². The van der Waals surface area contributed by atoms with E-state index in [1.807, 2.05) is 0 Å². The summed E-state index contributed by atoms with van der Waals surface area (Å²) in [7, 11) is 0. The monoisotopic (exact) mass is 324 g/mol. The second kappa shape index (κ2) is 6.57. The maximum atomic E-state index is 12.9. The topological polar surface area (TPSA) is 70.7 Å². The van der Waals surface area contributed by atoms with E-state index < -0.39 is 12.2 Å². The summed E-state index contributed by atoms with van der Waals surface area (Å²) in [6, 6.07) is 3.20. The number of fused-ring (bicyclic) bond motifs is 1. The molecule has 0 aliphatic carbocycles. The van der Waals surface area contributed by atoms with Gasteiger partial charge in [-0.25, -0.2) is 8.78 Å². The normalized spacial score (nSPS) is 18.3. The van der Waals surface area contributed by atoms with Gasteiger partial charge in [-0.15, -0.1) is 10.2 Å². The number of aromatic nitrogens is 3. The van der Waals surface area contributed by atoms with E-state index >= 15 is 0 Å². The van der Waals surface area contributed by atoms with Crippen molar-refractivity contribution in [2.45, 2.75) is 38.2 Å². The molecule has 0 aromatic carbocycles. The van der Waals surface area contributed by atoms with Crippen molar-refractivity contribution in [2.24, 2.45) is 0 Å². The van der Waals surface area contributed by atoms with Crippen molar-refractivity contribution in [1.82, 2.24) is 19.5 Å². The summed E-state index contributed by atoms with van der Waals surface area (Å²) < 4.78 is 27.0. The number of rotatable bonds is 5. The molecule has 0 bridgehead atoms. The highest BCUT2D eigenvalue weighted by Crippen LogP contribution is 2.24. The van der Waals surface area contributed by atoms with E-state index in [1.165, 1.54) is 12.3 Å². The van der Waals surface area contributed by atoms with E-state index in [0.717, 1.165) is 23.7 Å². The third-order valence-corrected chi connectivity index (χ3v) is 4.20. The molecule has 6 nitrogen and oxygen atoms in total. The van der Waals surface area contributed by atoms with Gasteiger partial charge in [-0.3, -0.25) is 9.20 Å². The summed E-state index contributed by atoms with van der Waals surface area (Å²) >= 11 is 0. The Morgan fingerprint density at radius 2 is 2.22 bits per heavy atom. The molecule has 1 saturated heterocycles. The van der Waals surface area contributed by atoms with E-state index in [9.17, 15) is 13.6 Å². The molecule has 2 aromatic rings. The van der Waals surface area contributed by atoms with Gasteiger partial charge in [0.2, 0.25) is 5.82 Å². The number of alkyl halides is 2. The summed E-state index contributed by atoms with van der Waals surface area (Å²) in [5.41, 5.74) is 0.630. The predicted octanol–water partition coefficient (Wildman–Crippen LogP) is 2.04. The summed E-state index contributed by atoms with van der Waals surface area (Å²) in [6.45, 7) is 0.750. The largest absolute Gasteiger partial charge is 0.396 e. The van der Waals surface area contributed by atoms with Crippen molar-refractivity contribution in [1.29, 1.82) is 0 Å². The minimum atomic E-state index is -2.75. The Kier molecular flexibility index (Phi) is 4.51. The van der Waals surface area contributed by atoms with Crippen LogP contribution in [0.4, 0.5) is 8.78 Å². The van der Waals surface area contributed by atoms with Crippen LogP contribution in [0.3, 0.4) is 0 Å². The van der Waals surface area contributed by atoms with Gasteiger partial charge in [-0.2, -0.15) is 0 Å². The van der Waals surface area contributed by atoms with Crippen LogP contribution in [0.15, 0.2) is 18.3 Å². The van der Waals surface area contributed by atoms with Gasteiger partial charge in [0, 0.05) is 25.4 Å². The molecule has 124 valence electrons. The van der Waals surface area contributed by atoms with Gasteiger partial charge in [0.05, 0.1) is 5.56 Å². The average molecular weight is 324 g/mol. The smallest absolute Gasteiger partial charge is 0.297 e. The van der Waals surface area contributed by atoms with Crippen LogP contribution in [0.1, 0.15) is 48.3 Å². The van der Waals surface area contributed by atoms with Crippen LogP contribution < -0.4 is 0 Å². The van der Waals surface area contributed by atoms with E-state index in [4.69, 9.17) is 5.11 Å². The molecular formula is C15H18F2N4O2. The number of aliphatic hydroxyl groups excluding tert-OH is 1. The molecule has 3 heterocycles. The minimum Gasteiger partial charge on any atom is -0.396 e. The fourth-order valence-electron chi connectivity index (χ4n) is 3.08. The highest BCUT2D eigenvalue weighted by Gasteiger charge is 2.29. The standard InChI is InChI=1S/C15H18F2N4O2/c16-13(17)14-19-18-12-6-5-10(9-21(12)14)15(23)20-7-1-3-11(20)4-2-8-22/h5-6,9,11,13,22H,1-4,7-8H2. The molecule has 2 aromatic heterocycles. The first-order chi connectivity index (χ1) is 11.1. The van der Waals surface area contributed by atoms with Crippen LogP contribution in [0, 0.1) is 0 Å². The van der Waals surface area contributed by atoms with Crippen LogP contribution in [0.25, 0.3) is 5.65 Å². The summed E-state index contributed by atoms with van der Waals surface area (Å²) in [5.74, 6) is -0.644. The third kappa shape index (κ3) is 3.03. The predicted molar refractivity (Wildman–Crippen MR) is 78.3 cm³/mol. The molecule has 1 amide bonds. The van der Waals surface area contributed by atoms with Crippen molar-refractivity contribution >= 4 is 11.6 Å². The number of aliphatic hydroxyl groups is 1. The Morgan fingerprint density at radius 1 is 1.39 bits per heavy atom. The Balaban J connectivity index is 1.87. The van der Waals surface area contributed by atoms with Gasteiger partial charge in [0.25, 0.3) is 12.3 Å². The number of likely N-dealkylation sites (tertiary alicyclic amines) is 1. The zero-order chi connectivity index (χ0) is 16.4. The van der Waals surface area contributed by atoms with E-state index in [1.54, 1.807) is 11.0 Å². The number of carbonyl (C=O) groups excluding carboxylic acids is 1. The van der Waals surface area contributed by atoms with Crippen LogP contribution in [-0.2, 0) is 0 Å². The Labute approximate surface area is 131 Å². The molecule has 1 aliphatic rings. The van der Waals surface area contributed by atoms with Gasteiger partial charge in [0.15, 0.2) is 5.65 Å². The molecule has 1 fully saturated rings. The van der Waals surface area contributed by atoms with Gasteiger partial charge in [-0.1, -0.05) is 0 Å². The summed E-state index contributed by atoms with van der Waals surface area (Å²) in [5, 5.41) is 16.1. The minimum absolute atomic E-state index is 0.0980. The fourth-order valence-corrected chi connectivity index (χ4v) is 3.08.